The van der Waals surface area contributed by atoms with Gasteiger partial charge in [-0.15, -0.1) is 24.0 Å². The van der Waals surface area contributed by atoms with Crippen molar-refractivity contribution >= 4 is 40.0 Å². The summed E-state index contributed by atoms with van der Waals surface area (Å²) in [5.74, 6) is 1.30. The SMILES string of the molecule is CN=C(NCCCNS(C)(=O)=O)NCC(C)C.I. The third-order valence-corrected chi connectivity index (χ3v) is 2.64. The molecule has 0 aliphatic carbocycles. The Bertz CT molecular complexity index is 331. The van der Waals surface area contributed by atoms with Gasteiger partial charge in [-0.05, 0) is 12.3 Å². The van der Waals surface area contributed by atoms with Gasteiger partial charge < -0.3 is 10.6 Å². The van der Waals surface area contributed by atoms with E-state index in [0.717, 1.165) is 25.2 Å². The van der Waals surface area contributed by atoms with Gasteiger partial charge in [-0.2, -0.15) is 0 Å². The van der Waals surface area contributed by atoms with Crippen molar-refractivity contribution in [3.05, 3.63) is 0 Å². The average Bonchev–Trinajstić information content (AvgIpc) is 2.20. The predicted molar refractivity (Wildman–Crippen MR) is 87.1 cm³/mol. The Hall–Kier alpha value is -0.0900. The van der Waals surface area contributed by atoms with Gasteiger partial charge in [0.1, 0.15) is 0 Å². The maximum atomic E-state index is 10.8. The van der Waals surface area contributed by atoms with Crippen molar-refractivity contribution in [3.63, 3.8) is 0 Å². The monoisotopic (exact) mass is 392 g/mol. The Morgan fingerprint density at radius 1 is 1.22 bits per heavy atom. The maximum absolute atomic E-state index is 10.8. The van der Waals surface area contributed by atoms with Crippen molar-refractivity contribution in [1.82, 2.24) is 15.4 Å². The molecule has 8 heteroatoms. The van der Waals surface area contributed by atoms with Gasteiger partial charge in [0.2, 0.25) is 10.0 Å². The van der Waals surface area contributed by atoms with Gasteiger partial charge in [0.25, 0.3) is 0 Å². The van der Waals surface area contributed by atoms with E-state index in [-0.39, 0.29) is 24.0 Å². The van der Waals surface area contributed by atoms with Crippen LogP contribution < -0.4 is 15.4 Å². The molecule has 0 fully saturated rings. The summed E-state index contributed by atoms with van der Waals surface area (Å²) in [6.45, 7) is 6.22. The van der Waals surface area contributed by atoms with E-state index < -0.39 is 10.0 Å². The third kappa shape index (κ3) is 14.0. The van der Waals surface area contributed by atoms with Crippen molar-refractivity contribution in [3.8, 4) is 0 Å². The molecule has 110 valence electrons. The number of hydrogen-bond donors (Lipinski definition) is 3. The quantitative estimate of drug-likeness (QED) is 0.253. The summed E-state index contributed by atoms with van der Waals surface area (Å²) in [5, 5.41) is 6.29. The highest BCUT2D eigenvalue weighted by atomic mass is 127. The molecule has 0 radical (unpaired) electrons. The highest BCUT2D eigenvalue weighted by Crippen LogP contribution is 1.86. The Balaban J connectivity index is 0. The van der Waals surface area contributed by atoms with Crippen LogP contribution >= 0.6 is 24.0 Å². The second-order valence-electron chi connectivity index (χ2n) is 4.29. The number of sulfonamides is 1. The molecule has 0 unspecified atom stereocenters. The normalized spacial score (nSPS) is 12.2. The van der Waals surface area contributed by atoms with Crippen LogP contribution in [-0.2, 0) is 10.0 Å². The van der Waals surface area contributed by atoms with Crippen LogP contribution in [0.2, 0.25) is 0 Å². The van der Waals surface area contributed by atoms with E-state index in [1.165, 1.54) is 0 Å². The molecular weight excluding hydrogens is 367 g/mol. The fraction of sp³-hybridized carbons (Fsp3) is 0.900. The van der Waals surface area contributed by atoms with Crippen LogP contribution in [0.3, 0.4) is 0 Å². The summed E-state index contributed by atoms with van der Waals surface area (Å²) in [6, 6.07) is 0. The molecule has 0 atom stereocenters. The number of nitrogens with one attached hydrogen (secondary N) is 3. The molecule has 0 aromatic carbocycles. The minimum Gasteiger partial charge on any atom is -0.356 e. The molecule has 3 N–H and O–H groups in total. The Morgan fingerprint density at radius 3 is 2.28 bits per heavy atom. The van der Waals surface area contributed by atoms with Gasteiger partial charge in [-0.25, -0.2) is 13.1 Å². The lowest BCUT2D eigenvalue weighted by Gasteiger charge is -2.13. The lowest BCUT2D eigenvalue weighted by Crippen LogP contribution is -2.40. The molecule has 0 heterocycles. The predicted octanol–water partition coefficient (Wildman–Crippen LogP) is 0.365. The fourth-order valence-corrected chi connectivity index (χ4v) is 1.59. The van der Waals surface area contributed by atoms with Crippen molar-refractivity contribution < 1.29 is 8.42 Å². The molecule has 0 aromatic heterocycles. The zero-order chi connectivity index (χ0) is 13.3. The lowest BCUT2D eigenvalue weighted by molar-refractivity contribution is 0.583. The first-order valence-corrected chi connectivity index (χ1v) is 7.63. The summed E-state index contributed by atoms with van der Waals surface area (Å²) >= 11 is 0. The first-order chi connectivity index (χ1) is 7.85. The number of halogens is 1. The van der Waals surface area contributed by atoms with Crippen LogP contribution in [0.1, 0.15) is 20.3 Å². The van der Waals surface area contributed by atoms with E-state index >= 15 is 0 Å². The smallest absolute Gasteiger partial charge is 0.208 e. The summed E-state index contributed by atoms with van der Waals surface area (Å²) in [5.41, 5.74) is 0. The van der Waals surface area contributed by atoms with Crippen molar-refractivity contribution in [2.75, 3.05) is 32.9 Å². The lowest BCUT2D eigenvalue weighted by atomic mass is 10.2. The Morgan fingerprint density at radius 2 is 1.83 bits per heavy atom. The molecule has 0 spiro atoms. The largest absolute Gasteiger partial charge is 0.356 e. The van der Waals surface area contributed by atoms with Crippen molar-refractivity contribution in [2.24, 2.45) is 10.9 Å². The molecule has 0 saturated carbocycles. The van der Waals surface area contributed by atoms with E-state index in [9.17, 15) is 8.42 Å². The minimum absolute atomic E-state index is 0. The fourth-order valence-electron chi connectivity index (χ4n) is 1.07. The number of hydrogen-bond acceptors (Lipinski definition) is 3. The zero-order valence-corrected chi connectivity index (χ0v) is 14.6. The van der Waals surface area contributed by atoms with Gasteiger partial charge >= 0.3 is 0 Å². The van der Waals surface area contributed by atoms with Crippen LogP contribution in [0.15, 0.2) is 4.99 Å². The van der Waals surface area contributed by atoms with Gasteiger partial charge in [0.15, 0.2) is 5.96 Å². The van der Waals surface area contributed by atoms with E-state index in [1.54, 1.807) is 7.05 Å². The maximum Gasteiger partial charge on any atom is 0.208 e. The number of rotatable bonds is 7. The first kappa shape index (κ1) is 20.2. The van der Waals surface area contributed by atoms with E-state index in [4.69, 9.17) is 0 Å². The van der Waals surface area contributed by atoms with Crippen LogP contribution in [0.25, 0.3) is 0 Å². The van der Waals surface area contributed by atoms with E-state index in [2.05, 4.69) is 34.2 Å². The average molecular weight is 392 g/mol. The van der Waals surface area contributed by atoms with Crippen molar-refractivity contribution in [1.29, 1.82) is 0 Å². The van der Waals surface area contributed by atoms with Crippen LogP contribution in [0, 0.1) is 5.92 Å². The molecule has 0 bridgehead atoms. The highest BCUT2D eigenvalue weighted by molar-refractivity contribution is 14.0. The van der Waals surface area contributed by atoms with Gasteiger partial charge in [-0.1, -0.05) is 13.8 Å². The molecule has 0 rings (SSSR count). The summed E-state index contributed by atoms with van der Waals surface area (Å²) in [7, 11) is -1.36. The van der Waals surface area contributed by atoms with Crippen LogP contribution in [-0.4, -0.2) is 47.3 Å². The van der Waals surface area contributed by atoms with Gasteiger partial charge in [0, 0.05) is 26.7 Å². The molecule has 0 aliphatic heterocycles. The zero-order valence-electron chi connectivity index (χ0n) is 11.5. The Labute approximate surface area is 127 Å². The summed E-state index contributed by atoms with van der Waals surface area (Å²) in [4.78, 5) is 4.06. The van der Waals surface area contributed by atoms with Crippen LogP contribution in [0.4, 0.5) is 0 Å². The summed E-state index contributed by atoms with van der Waals surface area (Å²) in [6.07, 6.45) is 1.87. The highest BCUT2D eigenvalue weighted by Gasteiger charge is 2.00. The topological polar surface area (TPSA) is 82.6 Å². The number of aliphatic imine (C=N–C) groups is 1. The van der Waals surface area contributed by atoms with Crippen LogP contribution in [0.5, 0.6) is 0 Å². The molecule has 18 heavy (non-hydrogen) atoms. The standard InChI is InChI=1S/C10H24N4O2S.HI/c1-9(2)8-13-10(11-3)12-6-5-7-14-17(4,15)16;/h9,14H,5-8H2,1-4H3,(H2,11,12,13);1H. The van der Waals surface area contributed by atoms with E-state index in [0.29, 0.717) is 19.0 Å². The molecule has 0 amide bonds. The van der Waals surface area contributed by atoms with Gasteiger partial charge in [-0.3, -0.25) is 4.99 Å². The number of nitrogens with zero attached hydrogens (tertiary/aromatic N) is 1. The van der Waals surface area contributed by atoms with E-state index in [1.807, 2.05) is 0 Å². The Kier molecular flexibility index (Phi) is 12.1. The minimum atomic E-state index is -3.08. The number of guanidine groups is 1. The second-order valence-corrected chi connectivity index (χ2v) is 6.13. The molecule has 6 nitrogen and oxygen atoms in total. The molecule has 0 aromatic rings. The first-order valence-electron chi connectivity index (χ1n) is 5.74. The second kappa shape index (κ2) is 10.8. The third-order valence-electron chi connectivity index (χ3n) is 1.91. The molecule has 0 aliphatic rings. The molecular formula is C10H25IN4O2S. The van der Waals surface area contributed by atoms with Crippen molar-refractivity contribution in [2.45, 2.75) is 20.3 Å². The molecule has 0 saturated heterocycles. The van der Waals surface area contributed by atoms with Gasteiger partial charge in [0.05, 0.1) is 6.26 Å². The summed E-state index contributed by atoms with van der Waals surface area (Å²) < 4.78 is 24.0.